The second-order valence-corrected chi connectivity index (χ2v) is 12.4. The molecule has 47 heavy (non-hydrogen) atoms. The number of fused-ring (bicyclic) bond motifs is 1. The maximum absolute atomic E-state index is 14.4. The molecule has 3 aromatic carbocycles. The smallest absolute Gasteiger partial charge is 0.434 e. The molecule has 1 atom stereocenters. The Kier molecular flexibility index (Phi) is 9.97. The average Bonchev–Trinajstić information content (AvgIpc) is 3.31. The summed E-state index contributed by atoms with van der Waals surface area (Å²) in [4.78, 5) is 30.5. The number of aryl methyl sites for hydroxylation is 3. The molecule has 0 unspecified atom stereocenters. The van der Waals surface area contributed by atoms with E-state index < -0.39 is 35.0 Å². The number of hydrogen-bond acceptors (Lipinski definition) is 7. The lowest BCUT2D eigenvalue weighted by atomic mass is 9.95. The Labute approximate surface area is 278 Å². The molecule has 0 fully saturated rings. The third kappa shape index (κ3) is 7.16. The lowest BCUT2D eigenvalue weighted by Crippen LogP contribution is -2.41. The quantitative estimate of drug-likeness (QED) is 0.179. The number of alkyl halides is 3. The normalized spacial score (nSPS) is 14.9. The first kappa shape index (κ1) is 34.0. The minimum absolute atomic E-state index is 0.108. The molecule has 2 heterocycles. The molecule has 7 nitrogen and oxygen atoms in total. The van der Waals surface area contributed by atoms with Crippen molar-refractivity contribution < 1.29 is 32.2 Å². The molecule has 0 amide bonds. The number of esters is 1. The molecule has 0 N–H and O–H groups in total. The summed E-state index contributed by atoms with van der Waals surface area (Å²) in [6.07, 6.45) is -3.45. The number of ether oxygens (including phenoxy) is 3. The fraction of sp³-hybridized carbons (Fsp3) is 0.286. The van der Waals surface area contributed by atoms with Gasteiger partial charge in [0.05, 0.1) is 29.4 Å². The second-order valence-electron chi connectivity index (χ2n) is 10.9. The first-order chi connectivity index (χ1) is 22.3. The Hall–Kier alpha value is -4.35. The minimum Gasteiger partial charge on any atom is -0.490 e. The molecule has 0 aliphatic carbocycles. The largest absolute Gasteiger partial charge is 0.490 e. The van der Waals surface area contributed by atoms with Gasteiger partial charge in [0.2, 0.25) is 0 Å². The fourth-order valence-corrected chi connectivity index (χ4v) is 6.67. The number of carbonyl (C=O) groups excluding carboxylic acids is 1. The van der Waals surface area contributed by atoms with Crippen LogP contribution in [0.2, 0.25) is 5.02 Å². The number of aromatic nitrogens is 1. The van der Waals surface area contributed by atoms with Crippen LogP contribution in [-0.2, 0) is 16.1 Å². The van der Waals surface area contributed by atoms with Crippen molar-refractivity contribution in [2.45, 2.75) is 53.4 Å². The molecule has 0 saturated carbocycles. The summed E-state index contributed by atoms with van der Waals surface area (Å²) in [6, 6.07) is 13.8. The van der Waals surface area contributed by atoms with Crippen LogP contribution < -0.4 is 24.4 Å². The molecular weight excluding hydrogens is 653 g/mol. The van der Waals surface area contributed by atoms with Gasteiger partial charge in [0.1, 0.15) is 6.61 Å². The molecule has 0 saturated heterocycles. The molecule has 0 spiro atoms. The predicted molar refractivity (Wildman–Crippen MR) is 175 cm³/mol. The van der Waals surface area contributed by atoms with Crippen LogP contribution in [0.4, 0.5) is 13.2 Å². The lowest BCUT2D eigenvalue weighted by molar-refractivity contribution is -0.140. The van der Waals surface area contributed by atoms with Crippen LogP contribution in [0.1, 0.15) is 53.3 Å². The van der Waals surface area contributed by atoms with Crippen molar-refractivity contribution >= 4 is 35.0 Å². The van der Waals surface area contributed by atoms with E-state index >= 15 is 0 Å². The van der Waals surface area contributed by atoms with Gasteiger partial charge >= 0.3 is 12.1 Å². The van der Waals surface area contributed by atoms with E-state index in [1.165, 1.54) is 36.8 Å². The minimum atomic E-state index is -5.00. The van der Waals surface area contributed by atoms with E-state index in [9.17, 15) is 22.8 Å². The molecule has 0 radical (unpaired) electrons. The molecule has 1 aliphatic heterocycles. The zero-order valence-electron chi connectivity index (χ0n) is 26.3. The number of carbonyl (C=O) groups is 1. The Morgan fingerprint density at radius 1 is 0.979 bits per heavy atom. The van der Waals surface area contributed by atoms with Crippen LogP contribution in [0.3, 0.4) is 0 Å². The third-order valence-electron chi connectivity index (χ3n) is 7.56. The Morgan fingerprint density at radius 3 is 2.28 bits per heavy atom. The summed E-state index contributed by atoms with van der Waals surface area (Å²) in [5.74, 6) is -0.272. The van der Waals surface area contributed by atoms with Crippen LogP contribution in [-0.4, -0.2) is 29.9 Å². The van der Waals surface area contributed by atoms with E-state index in [0.29, 0.717) is 35.3 Å². The number of nitrogens with zero attached hydrogens (tertiary/aromatic N) is 2. The number of benzene rings is 3. The summed E-state index contributed by atoms with van der Waals surface area (Å²) in [7, 11) is 0. The van der Waals surface area contributed by atoms with Crippen LogP contribution >= 0.6 is 22.9 Å². The highest BCUT2D eigenvalue weighted by molar-refractivity contribution is 7.07. The molecule has 1 aromatic heterocycles. The van der Waals surface area contributed by atoms with E-state index in [2.05, 4.69) is 17.1 Å². The van der Waals surface area contributed by atoms with Gasteiger partial charge in [-0.05, 0) is 92.8 Å². The molecule has 12 heteroatoms. The second kappa shape index (κ2) is 13.8. The van der Waals surface area contributed by atoms with Crippen LogP contribution in [0.15, 0.2) is 75.7 Å². The number of halogens is 4. The Balaban J connectivity index is 1.61. The average molecular weight is 685 g/mol. The van der Waals surface area contributed by atoms with Crippen LogP contribution in [0.5, 0.6) is 11.5 Å². The van der Waals surface area contributed by atoms with Gasteiger partial charge in [-0.1, -0.05) is 58.8 Å². The molecule has 4 aromatic rings. The zero-order chi connectivity index (χ0) is 34.0. The highest BCUT2D eigenvalue weighted by Gasteiger charge is 2.45. The summed E-state index contributed by atoms with van der Waals surface area (Å²) >= 11 is 6.83. The van der Waals surface area contributed by atoms with Crippen molar-refractivity contribution in [3.63, 3.8) is 0 Å². The summed E-state index contributed by atoms with van der Waals surface area (Å²) in [5, 5.41) is 0.334. The van der Waals surface area contributed by atoms with Gasteiger partial charge in [0, 0.05) is 5.02 Å². The zero-order valence-corrected chi connectivity index (χ0v) is 27.9. The van der Waals surface area contributed by atoms with Gasteiger partial charge in [0.25, 0.3) is 5.56 Å². The van der Waals surface area contributed by atoms with Crippen molar-refractivity contribution in [1.29, 1.82) is 0 Å². The Morgan fingerprint density at radius 2 is 1.66 bits per heavy atom. The van der Waals surface area contributed by atoms with Gasteiger partial charge in [-0.15, -0.1) is 0 Å². The summed E-state index contributed by atoms with van der Waals surface area (Å²) in [5.41, 5.74) is 2.44. The number of rotatable bonds is 9. The first-order valence-corrected chi connectivity index (χ1v) is 16.0. The van der Waals surface area contributed by atoms with Crippen molar-refractivity contribution in [2.24, 2.45) is 4.99 Å². The highest BCUT2D eigenvalue weighted by atomic mass is 35.5. The number of thiazole rings is 1. The standard InChI is InChI=1S/C35H32ClF3N2O5S/c1-6-44-27-16-22(8-13-26(27)46-18-25-20(4)14-19(3)15-21(25)5)17-28-32(42)41-30(23-9-11-24(36)12-10-23)29(33(43)45-7-2)31(35(37,38)39)40-34(41)47-28/h8-17,30H,6-7,18H2,1-5H3/b28-17-/t30-/m1/s1. The van der Waals surface area contributed by atoms with E-state index in [-0.39, 0.29) is 21.5 Å². The highest BCUT2D eigenvalue weighted by Crippen LogP contribution is 2.38. The molecule has 0 bridgehead atoms. The maximum Gasteiger partial charge on any atom is 0.434 e. The topological polar surface area (TPSA) is 79.1 Å². The molecule has 1 aliphatic rings. The number of hydrogen-bond donors (Lipinski definition) is 0. The SMILES string of the molecule is CCOC(=O)C1=C(C(F)(F)F)N=c2s/c(=C\c3ccc(OCc4c(C)cc(C)cc4C)c(OCC)c3)c(=O)n2[C@@H]1c1ccc(Cl)cc1. The van der Waals surface area contributed by atoms with E-state index in [1.807, 2.05) is 27.7 Å². The van der Waals surface area contributed by atoms with Crippen molar-refractivity contribution in [3.8, 4) is 11.5 Å². The van der Waals surface area contributed by atoms with Gasteiger partial charge in [-0.2, -0.15) is 13.2 Å². The monoisotopic (exact) mass is 684 g/mol. The van der Waals surface area contributed by atoms with Crippen LogP contribution in [0, 0.1) is 20.8 Å². The van der Waals surface area contributed by atoms with Crippen molar-refractivity contribution in [3.05, 3.63) is 124 Å². The third-order valence-corrected chi connectivity index (χ3v) is 8.79. The lowest BCUT2D eigenvalue weighted by Gasteiger charge is -2.26. The fourth-order valence-electron chi connectivity index (χ4n) is 5.54. The van der Waals surface area contributed by atoms with Gasteiger partial charge in [0.15, 0.2) is 22.0 Å². The van der Waals surface area contributed by atoms with Crippen molar-refractivity contribution in [2.75, 3.05) is 13.2 Å². The van der Waals surface area contributed by atoms with Crippen LogP contribution in [0.25, 0.3) is 6.08 Å². The Bertz CT molecular complexity index is 2030. The van der Waals surface area contributed by atoms with E-state index in [1.54, 1.807) is 24.3 Å². The van der Waals surface area contributed by atoms with Gasteiger partial charge in [-0.3, -0.25) is 9.36 Å². The maximum atomic E-state index is 14.4. The van der Waals surface area contributed by atoms with Gasteiger partial charge in [-0.25, -0.2) is 9.79 Å². The summed E-state index contributed by atoms with van der Waals surface area (Å²) in [6.45, 7) is 9.93. The molecule has 5 rings (SSSR count). The van der Waals surface area contributed by atoms with Crippen molar-refractivity contribution in [1.82, 2.24) is 4.57 Å². The molecule has 246 valence electrons. The van der Waals surface area contributed by atoms with E-state index in [4.69, 9.17) is 25.8 Å². The number of allylic oxidation sites excluding steroid dienone is 1. The predicted octanol–water partition coefficient (Wildman–Crippen LogP) is 6.90. The first-order valence-electron chi connectivity index (χ1n) is 14.8. The van der Waals surface area contributed by atoms with E-state index in [0.717, 1.165) is 32.6 Å². The molecular formula is C35H32ClF3N2O5S. The van der Waals surface area contributed by atoms with Gasteiger partial charge < -0.3 is 14.2 Å². The summed E-state index contributed by atoms with van der Waals surface area (Å²) < 4.78 is 61.4.